The van der Waals surface area contributed by atoms with Gasteiger partial charge in [0.2, 0.25) is 5.91 Å². The van der Waals surface area contributed by atoms with Gasteiger partial charge in [0.25, 0.3) is 0 Å². The van der Waals surface area contributed by atoms with E-state index in [-0.39, 0.29) is 5.91 Å². The summed E-state index contributed by atoms with van der Waals surface area (Å²) in [4.78, 5) is 11.0. The number of hydrogen-bond acceptors (Lipinski definition) is 4. The van der Waals surface area contributed by atoms with Gasteiger partial charge in [-0.3, -0.25) is 4.79 Å². The summed E-state index contributed by atoms with van der Waals surface area (Å²) in [6.07, 6.45) is 1.46. The van der Waals surface area contributed by atoms with E-state index in [1.165, 1.54) is 6.20 Å². The number of rotatable bonds is 3. The molecular weight excluding hydrogens is 168 g/mol. The van der Waals surface area contributed by atoms with Crippen molar-refractivity contribution in [3.8, 4) is 0 Å². The second-order valence-corrected chi connectivity index (χ2v) is 2.82. The van der Waals surface area contributed by atoms with Gasteiger partial charge in [0.05, 0.1) is 0 Å². The molecule has 0 heterocycles. The average Bonchev–Trinajstić information content (AvgIpc) is 2.01. The van der Waals surface area contributed by atoms with Gasteiger partial charge in [-0.2, -0.15) is 5.10 Å². The van der Waals surface area contributed by atoms with Crippen LogP contribution in [0.3, 0.4) is 0 Å². The second-order valence-electron chi connectivity index (χ2n) is 2.82. The first-order valence-electron chi connectivity index (χ1n) is 3.93. The van der Waals surface area contributed by atoms with Gasteiger partial charge in [-0.05, 0) is 20.8 Å². The van der Waals surface area contributed by atoms with Gasteiger partial charge >= 0.3 is 0 Å². The number of nitrogens with one attached hydrogen (secondary N) is 1. The summed E-state index contributed by atoms with van der Waals surface area (Å²) in [6, 6.07) is 0. The summed E-state index contributed by atoms with van der Waals surface area (Å²) < 4.78 is 0. The third-order valence-electron chi connectivity index (χ3n) is 1.23. The highest BCUT2D eigenvalue weighted by Crippen LogP contribution is 1.94. The number of carbonyl (C=O) groups excluding carboxylic acids is 1. The number of amides is 1. The molecule has 0 spiro atoms. The van der Waals surface area contributed by atoms with E-state index in [1.807, 2.05) is 13.8 Å². The fourth-order valence-electron chi connectivity index (χ4n) is 0.714. The molecule has 0 fully saturated rings. The highest BCUT2D eigenvalue weighted by molar-refractivity contribution is 5.92. The van der Waals surface area contributed by atoms with Crippen molar-refractivity contribution in [2.45, 2.75) is 20.8 Å². The highest BCUT2D eigenvalue weighted by Gasteiger charge is 2.00. The number of carbonyl (C=O) groups is 1. The van der Waals surface area contributed by atoms with Gasteiger partial charge in [-0.1, -0.05) is 0 Å². The lowest BCUT2D eigenvalue weighted by Crippen LogP contribution is -2.24. The predicted molar refractivity (Wildman–Crippen MR) is 52.6 cm³/mol. The molecule has 0 radical (unpaired) electrons. The molecule has 0 aliphatic carbocycles. The quantitative estimate of drug-likeness (QED) is 0.285. The molecule has 5 nitrogen and oxygen atoms in total. The molecule has 74 valence electrons. The van der Waals surface area contributed by atoms with Crippen LogP contribution in [0.1, 0.15) is 20.8 Å². The van der Waals surface area contributed by atoms with Crippen LogP contribution in [0, 0.1) is 0 Å². The zero-order valence-corrected chi connectivity index (χ0v) is 8.46. The first-order valence-corrected chi connectivity index (χ1v) is 3.93. The summed E-state index contributed by atoms with van der Waals surface area (Å²) in [5.74, 6) is 5.29. The third kappa shape index (κ3) is 4.97. The van der Waals surface area contributed by atoms with E-state index in [4.69, 9.17) is 5.84 Å². The van der Waals surface area contributed by atoms with Crippen molar-refractivity contribution in [3.05, 3.63) is 11.8 Å². The Labute approximate surface area is 78.3 Å². The van der Waals surface area contributed by atoms with Crippen LogP contribution in [0.2, 0.25) is 0 Å². The van der Waals surface area contributed by atoms with Crippen molar-refractivity contribution in [2.75, 3.05) is 7.05 Å². The van der Waals surface area contributed by atoms with E-state index in [1.54, 1.807) is 14.0 Å². The van der Waals surface area contributed by atoms with Crippen molar-refractivity contribution in [3.63, 3.8) is 0 Å². The monoisotopic (exact) mass is 184 g/mol. The van der Waals surface area contributed by atoms with Crippen LogP contribution in [0.4, 0.5) is 0 Å². The first-order chi connectivity index (χ1) is 5.97. The lowest BCUT2D eigenvalue weighted by atomic mass is 10.3. The van der Waals surface area contributed by atoms with Crippen LogP contribution in [0.15, 0.2) is 16.9 Å². The molecule has 0 aliphatic heterocycles. The maximum atomic E-state index is 11.0. The van der Waals surface area contributed by atoms with Crippen LogP contribution in [-0.4, -0.2) is 23.8 Å². The van der Waals surface area contributed by atoms with Gasteiger partial charge in [0.1, 0.15) is 0 Å². The van der Waals surface area contributed by atoms with E-state index < -0.39 is 0 Å². The van der Waals surface area contributed by atoms with Gasteiger partial charge in [0.15, 0.2) is 0 Å². The molecule has 5 heteroatoms. The maximum Gasteiger partial charge on any atom is 0.248 e. The number of hydrazone groups is 1. The Bertz CT molecular complexity index is 241. The fraction of sp³-hybridized carbons (Fsp3) is 0.500. The van der Waals surface area contributed by atoms with E-state index >= 15 is 0 Å². The summed E-state index contributed by atoms with van der Waals surface area (Å²) in [5, 5.41) is 7.52. The smallest absolute Gasteiger partial charge is 0.248 e. The minimum Gasteiger partial charge on any atom is -0.355 e. The van der Waals surface area contributed by atoms with E-state index in [9.17, 15) is 4.79 Å². The van der Waals surface area contributed by atoms with E-state index in [0.29, 0.717) is 5.57 Å². The predicted octanol–water partition coefficient (Wildman–Crippen LogP) is 0.208. The van der Waals surface area contributed by atoms with E-state index in [0.717, 1.165) is 10.8 Å². The molecule has 0 rings (SSSR count). The average molecular weight is 184 g/mol. The number of nitrogens with two attached hydrogens (primary N) is 1. The molecule has 13 heavy (non-hydrogen) atoms. The van der Waals surface area contributed by atoms with Crippen molar-refractivity contribution in [2.24, 2.45) is 10.9 Å². The molecule has 0 saturated carbocycles. The van der Waals surface area contributed by atoms with Crippen LogP contribution in [0.5, 0.6) is 0 Å². The summed E-state index contributed by atoms with van der Waals surface area (Å²) in [7, 11) is 1.56. The molecule has 0 aromatic heterocycles. The zero-order valence-electron chi connectivity index (χ0n) is 8.46. The standard InChI is InChI=1S/C8H16N4O/c1-6(2)11-12(9)5-7(3)8(13)10-4/h5H,9H2,1-4H3,(H,10,13)/b7-5+. The topological polar surface area (TPSA) is 70.7 Å². The third-order valence-corrected chi connectivity index (χ3v) is 1.23. The summed E-state index contributed by atoms with van der Waals surface area (Å²) in [6.45, 7) is 5.31. The zero-order chi connectivity index (χ0) is 10.4. The Morgan fingerprint density at radius 2 is 2.00 bits per heavy atom. The Morgan fingerprint density at radius 1 is 1.46 bits per heavy atom. The molecule has 3 N–H and O–H groups in total. The van der Waals surface area contributed by atoms with Gasteiger partial charge in [-0.15, -0.1) is 0 Å². The minimum absolute atomic E-state index is 0.167. The van der Waals surface area contributed by atoms with E-state index in [2.05, 4.69) is 10.4 Å². The van der Waals surface area contributed by atoms with Crippen molar-refractivity contribution in [1.82, 2.24) is 10.4 Å². The molecule has 0 aromatic carbocycles. The lowest BCUT2D eigenvalue weighted by Gasteiger charge is -2.08. The van der Waals surface area contributed by atoms with Crippen molar-refractivity contribution >= 4 is 11.6 Å². The molecule has 0 atom stereocenters. The molecule has 0 aliphatic rings. The number of likely N-dealkylation sites (N-methyl/N-ethyl adjacent to an activating group) is 1. The Morgan fingerprint density at radius 3 is 2.38 bits per heavy atom. The minimum atomic E-state index is -0.167. The first kappa shape index (κ1) is 11.6. The Hall–Kier alpha value is -1.36. The molecule has 0 aromatic rings. The normalized spacial score (nSPS) is 10.7. The SMILES string of the molecule is CNC(=O)/C(C)=C/N(N)N=C(C)C. The van der Waals surface area contributed by atoms with Crippen molar-refractivity contribution < 1.29 is 4.79 Å². The number of hydrogen-bond donors (Lipinski definition) is 2. The number of hydrazine groups is 1. The van der Waals surface area contributed by atoms with Crippen LogP contribution in [-0.2, 0) is 4.79 Å². The lowest BCUT2D eigenvalue weighted by molar-refractivity contribution is -0.117. The van der Waals surface area contributed by atoms with Gasteiger partial charge in [0, 0.05) is 24.5 Å². The molecular formula is C8H16N4O. The second kappa shape index (κ2) is 5.31. The fourth-order valence-corrected chi connectivity index (χ4v) is 0.714. The van der Waals surface area contributed by atoms with Gasteiger partial charge < -0.3 is 5.32 Å². The largest absolute Gasteiger partial charge is 0.355 e. The van der Waals surface area contributed by atoms with Crippen LogP contribution in [0.25, 0.3) is 0 Å². The highest BCUT2D eigenvalue weighted by atomic mass is 16.1. The van der Waals surface area contributed by atoms with Gasteiger partial charge in [-0.25, -0.2) is 11.0 Å². The number of nitrogens with zero attached hydrogens (tertiary/aromatic N) is 2. The van der Waals surface area contributed by atoms with Crippen LogP contribution >= 0.6 is 0 Å². The summed E-state index contributed by atoms with van der Waals surface area (Å²) in [5.41, 5.74) is 1.33. The molecule has 0 unspecified atom stereocenters. The molecule has 0 bridgehead atoms. The summed E-state index contributed by atoms with van der Waals surface area (Å²) >= 11 is 0. The van der Waals surface area contributed by atoms with Crippen LogP contribution < -0.4 is 11.2 Å². The maximum absolute atomic E-state index is 11.0. The Kier molecular flexibility index (Phi) is 4.76. The van der Waals surface area contributed by atoms with Crippen molar-refractivity contribution in [1.29, 1.82) is 0 Å². The molecule has 1 amide bonds. The molecule has 0 saturated heterocycles. The Balaban J connectivity index is 4.39.